The van der Waals surface area contributed by atoms with Crippen LogP contribution in [-0.4, -0.2) is 51.2 Å². The van der Waals surface area contributed by atoms with E-state index in [2.05, 4.69) is 0 Å². The number of hydrogen-bond donors (Lipinski definition) is 0. The number of ketones is 1. The Kier molecular flexibility index (Phi) is 6.22. The molecule has 0 aromatic heterocycles. The molecule has 0 amide bonds. The van der Waals surface area contributed by atoms with Gasteiger partial charge in [-0.1, -0.05) is 42.5 Å². The third kappa shape index (κ3) is 4.34. The van der Waals surface area contributed by atoms with Crippen LogP contribution in [0.3, 0.4) is 0 Å². The van der Waals surface area contributed by atoms with Gasteiger partial charge in [-0.05, 0) is 17.7 Å². The highest BCUT2D eigenvalue weighted by Crippen LogP contribution is 2.34. The first-order valence-electron chi connectivity index (χ1n) is 9.48. The van der Waals surface area contributed by atoms with Gasteiger partial charge in [0.1, 0.15) is 11.9 Å². The summed E-state index contributed by atoms with van der Waals surface area (Å²) in [6, 6.07) is 17.0. The van der Waals surface area contributed by atoms with Crippen molar-refractivity contribution in [1.82, 2.24) is 0 Å². The molecular weight excluding hydrogens is 376 g/mol. The van der Waals surface area contributed by atoms with Crippen LogP contribution in [0.15, 0.2) is 54.6 Å². The molecule has 2 aliphatic heterocycles. The Hall–Kier alpha value is -2.29. The molecule has 0 saturated carbocycles. The van der Waals surface area contributed by atoms with Crippen LogP contribution in [0.2, 0.25) is 0 Å². The van der Waals surface area contributed by atoms with Crippen molar-refractivity contribution in [1.29, 1.82) is 0 Å². The molecule has 0 bridgehead atoms. The number of Topliss-reactive ketones (excluding diaryl/α,β-unsaturated/α-hetero) is 1. The van der Waals surface area contributed by atoms with Gasteiger partial charge in [0, 0.05) is 12.7 Å². The number of rotatable bonds is 6. The van der Waals surface area contributed by atoms with Gasteiger partial charge in [0.15, 0.2) is 30.6 Å². The summed E-state index contributed by atoms with van der Waals surface area (Å²) in [6.07, 6.45) is -3.68. The van der Waals surface area contributed by atoms with Gasteiger partial charge >= 0.3 is 0 Å². The molecule has 2 aliphatic rings. The second-order valence-corrected chi connectivity index (χ2v) is 6.89. The van der Waals surface area contributed by atoms with E-state index in [9.17, 15) is 4.79 Å². The summed E-state index contributed by atoms with van der Waals surface area (Å²) in [6.45, 7) is 0.495. The fraction of sp³-hybridized carbons (Fsp3) is 0.409. The molecule has 0 N–H and O–H groups in total. The first-order chi connectivity index (χ1) is 14.2. The Balaban J connectivity index is 1.46. The zero-order valence-electron chi connectivity index (χ0n) is 16.4. The van der Waals surface area contributed by atoms with Crippen molar-refractivity contribution in [2.45, 2.75) is 37.5 Å². The summed E-state index contributed by atoms with van der Waals surface area (Å²) < 4.78 is 34.0. The molecule has 0 unspecified atom stereocenters. The minimum atomic E-state index is -0.879. The van der Waals surface area contributed by atoms with E-state index in [4.69, 9.17) is 28.4 Å². The SMILES string of the molecule is COc1ccc([C@@H]2OC[C@@H]3O[C@H](OC)[C@H](OCc4ccccc4)C(=O)[C@H]3O2)cc1. The maximum atomic E-state index is 13.1. The Morgan fingerprint density at radius 1 is 1.00 bits per heavy atom. The lowest BCUT2D eigenvalue weighted by Crippen LogP contribution is -2.60. The molecule has 29 heavy (non-hydrogen) atoms. The predicted molar refractivity (Wildman–Crippen MR) is 102 cm³/mol. The Bertz CT molecular complexity index is 808. The quantitative estimate of drug-likeness (QED) is 0.738. The predicted octanol–water partition coefficient (Wildman–Crippen LogP) is 2.64. The standard InChI is InChI=1S/C22H24O7/c1-24-16-10-8-15(9-11-16)21-27-13-17-19(29-21)18(23)20(22(25-2)28-17)26-12-14-6-4-3-5-7-14/h3-11,17,19-22H,12-13H2,1-2H3/t17-,19-,20+,21+,22-/m0/s1. The number of fused-ring (bicyclic) bond motifs is 1. The van der Waals surface area contributed by atoms with Crippen molar-refractivity contribution in [3.63, 3.8) is 0 Å². The Labute approximate surface area is 169 Å². The highest BCUT2D eigenvalue weighted by atomic mass is 16.8. The van der Waals surface area contributed by atoms with Gasteiger partial charge in [0.05, 0.1) is 20.3 Å². The molecule has 0 spiro atoms. The van der Waals surface area contributed by atoms with Crippen LogP contribution in [0.5, 0.6) is 5.75 Å². The van der Waals surface area contributed by atoms with Crippen LogP contribution < -0.4 is 4.74 Å². The van der Waals surface area contributed by atoms with Gasteiger partial charge in [-0.15, -0.1) is 0 Å². The first kappa shape index (κ1) is 20.0. The van der Waals surface area contributed by atoms with Gasteiger partial charge < -0.3 is 28.4 Å². The minimum absolute atomic E-state index is 0.203. The fourth-order valence-corrected chi connectivity index (χ4v) is 3.47. The molecule has 0 radical (unpaired) electrons. The van der Waals surface area contributed by atoms with E-state index < -0.39 is 30.9 Å². The normalized spacial score (nSPS) is 29.3. The van der Waals surface area contributed by atoms with Crippen LogP contribution >= 0.6 is 0 Å². The van der Waals surface area contributed by atoms with E-state index in [1.54, 1.807) is 7.11 Å². The van der Waals surface area contributed by atoms with E-state index in [1.807, 2.05) is 54.6 Å². The van der Waals surface area contributed by atoms with E-state index in [1.165, 1.54) is 7.11 Å². The summed E-state index contributed by atoms with van der Waals surface area (Å²) in [5.41, 5.74) is 1.76. The highest BCUT2D eigenvalue weighted by Gasteiger charge is 2.50. The Morgan fingerprint density at radius 2 is 1.76 bits per heavy atom. The highest BCUT2D eigenvalue weighted by molar-refractivity contribution is 5.89. The summed E-state index contributed by atoms with van der Waals surface area (Å²) >= 11 is 0. The van der Waals surface area contributed by atoms with Crippen molar-refractivity contribution in [3.8, 4) is 5.75 Å². The third-order valence-corrected chi connectivity index (χ3v) is 5.03. The molecule has 7 nitrogen and oxygen atoms in total. The van der Waals surface area contributed by atoms with E-state index in [0.717, 1.165) is 16.9 Å². The van der Waals surface area contributed by atoms with Gasteiger partial charge in [-0.25, -0.2) is 0 Å². The lowest BCUT2D eigenvalue weighted by molar-refractivity contribution is -0.318. The van der Waals surface area contributed by atoms with Crippen LogP contribution in [0.4, 0.5) is 0 Å². The van der Waals surface area contributed by atoms with Crippen molar-refractivity contribution >= 4 is 5.78 Å². The molecule has 0 aliphatic carbocycles. The number of carbonyl (C=O) groups excluding carboxylic acids is 1. The lowest BCUT2D eigenvalue weighted by atomic mass is 9.99. The second-order valence-electron chi connectivity index (χ2n) is 6.89. The Morgan fingerprint density at radius 3 is 2.45 bits per heavy atom. The molecule has 2 aromatic carbocycles. The molecule has 2 fully saturated rings. The molecule has 5 atom stereocenters. The fourth-order valence-electron chi connectivity index (χ4n) is 3.47. The number of benzene rings is 2. The topological polar surface area (TPSA) is 72.5 Å². The van der Waals surface area contributed by atoms with Gasteiger partial charge in [-0.2, -0.15) is 0 Å². The number of ether oxygens (including phenoxy) is 6. The van der Waals surface area contributed by atoms with Gasteiger partial charge in [0.2, 0.25) is 0 Å². The van der Waals surface area contributed by atoms with Crippen LogP contribution in [-0.2, 0) is 35.1 Å². The van der Waals surface area contributed by atoms with Crippen molar-refractivity contribution in [2.75, 3.05) is 20.8 Å². The molecule has 154 valence electrons. The largest absolute Gasteiger partial charge is 0.497 e. The zero-order chi connectivity index (χ0) is 20.2. The molecule has 2 heterocycles. The van der Waals surface area contributed by atoms with Crippen LogP contribution in [0, 0.1) is 0 Å². The summed E-state index contributed by atoms with van der Waals surface area (Å²) in [7, 11) is 3.09. The van der Waals surface area contributed by atoms with Gasteiger partial charge in [-0.3, -0.25) is 4.79 Å². The average Bonchev–Trinajstić information content (AvgIpc) is 2.79. The number of methoxy groups -OCH3 is 2. The monoisotopic (exact) mass is 400 g/mol. The van der Waals surface area contributed by atoms with E-state index in [0.29, 0.717) is 0 Å². The second kappa shape index (κ2) is 9.02. The number of carbonyl (C=O) groups is 1. The maximum absolute atomic E-state index is 13.1. The van der Waals surface area contributed by atoms with Crippen molar-refractivity contribution in [3.05, 3.63) is 65.7 Å². The summed E-state index contributed by atoms with van der Waals surface area (Å²) in [4.78, 5) is 13.1. The van der Waals surface area contributed by atoms with E-state index >= 15 is 0 Å². The molecule has 2 aromatic rings. The maximum Gasteiger partial charge on any atom is 0.198 e. The minimum Gasteiger partial charge on any atom is -0.497 e. The lowest BCUT2D eigenvalue weighted by Gasteiger charge is -2.43. The summed E-state index contributed by atoms with van der Waals surface area (Å²) in [5, 5.41) is 0. The number of hydrogen-bond acceptors (Lipinski definition) is 7. The zero-order valence-corrected chi connectivity index (χ0v) is 16.4. The van der Waals surface area contributed by atoms with Crippen molar-refractivity contribution < 1.29 is 33.2 Å². The molecular formula is C22H24O7. The van der Waals surface area contributed by atoms with Crippen LogP contribution in [0.1, 0.15) is 17.4 Å². The van der Waals surface area contributed by atoms with Crippen molar-refractivity contribution in [2.24, 2.45) is 0 Å². The van der Waals surface area contributed by atoms with Gasteiger partial charge in [0.25, 0.3) is 0 Å². The molecule has 4 rings (SSSR count). The first-order valence-corrected chi connectivity index (χ1v) is 9.48. The third-order valence-electron chi connectivity index (χ3n) is 5.03. The molecule has 2 saturated heterocycles. The molecule has 7 heteroatoms. The summed E-state index contributed by atoms with van der Waals surface area (Å²) in [5.74, 6) is 0.530. The smallest absolute Gasteiger partial charge is 0.198 e. The van der Waals surface area contributed by atoms with Crippen LogP contribution in [0.25, 0.3) is 0 Å². The van der Waals surface area contributed by atoms with E-state index in [-0.39, 0.29) is 19.0 Å². The average molecular weight is 400 g/mol.